The monoisotopic (exact) mass is 384 g/mol. The van der Waals surface area contributed by atoms with E-state index >= 15 is 0 Å². The minimum atomic E-state index is 0.135. The third kappa shape index (κ3) is 4.26. The molecule has 5 heteroatoms. The van der Waals surface area contributed by atoms with Gasteiger partial charge in [-0.3, -0.25) is 0 Å². The summed E-state index contributed by atoms with van der Waals surface area (Å²) in [5, 5.41) is 3.69. The summed E-state index contributed by atoms with van der Waals surface area (Å²) in [6.45, 7) is 6.66. The Hall–Kier alpha value is -2.24. The summed E-state index contributed by atoms with van der Waals surface area (Å²) < 4.78 is 17.2. The number of likely N-dealkylation sites (N-methyl/N-ethyl adjacent to an activating group) is 1. The predicted octanol–water partition coefficient (Wildman–Crippen LogP) is 3.50. The van der Waals surface area contributed by atoms with Gasteiger partial charge in [-0.2, -0.15) is 0 Å². The van der Waals surface area contributed by atoms with Crippen molar-refractivity contribution in [1.82, 2.24) is 10.2 Å². The van der Waals surface area contributed by atoms with Crippen molar-refractivity contribution in [2.24, 2.45) is 0 Å². The number of methoxy groups -OCH3 is 2. The molecule has 1 unspecified atom stereocenters. The number of fused-ring (bicyclic) bond motifs is 1. The van der Waals surface area contributed by atoms with E-state index in [2.05, 4.69) is 48.3 Å². The lowest BCUT2D eigenvalue weighted by Crippen LogP contribution is -2.31. The zero-order chi connectivity index (χ0) is 20.3. The molecular weight excluding hydrogens is 352 g/mol. The number of ether oxygens (including phenoxy) is 3. The van der Waals surface area contributed by atoms with E-state index < -0.39 is 0 Å². The molecule has 1 N–H and O–H groups in total. The highest BCUT2D eigenvalue weighted by molar-refractivity contribution is 5.53. The maximum atomic E-state index is 6.07. The maximum Gasteiger partial charge on any atom is 0.161 e. The van der Waals surface area contributed by atoms with E-state index in [1.807, 2.05) is 14.1 Å². The summed E-state index contributed by atoms with van der Waals surface area (Å²) in [6.07, 6.45) is 0.981. The Kier molecular flexibility index (Phi) is 6.47. The van der Waals surface area contributed by atoms with Crippen molar-refractivity contribution in [3.63, 3.8) is 0 Å². The summed E-state index contributed by atoms with van der Waals surface area (Å²) in [4.78, 5) is 2.11. The van der Waals surface area contributed by atoms with Crippen LogP contribution in [0, 0.1) is 13.8 Å². The number of aryl methyl sites for hydroxylation is 2. The standard InChI is InChI=1S/C23H32N2O3/c1-15-12-20(26-5)16(2)11-18(15)23-19-14-22(28-10-9-25(3)4)21(27-6)13-17(19)7-8-24-23/h11-14,23-24H,7-10H2,1-6H3. The molecule has 1 aliphatic heterocycles. The molecule has 0 fully saturated rings. The molecule has 0 aromatic heterocycles. The molecule has 0 aliphatic carbocycles. The van der Waals surface area contributed by atoms with Gasteiger partial charge in [0.2, 0.25) is 0 Å². The molecule has 0 saturated carbocycles. The van der Waals surface area contributed by atoms with Gasteiger partial charge in [0.25, 0.3) is 0 Å². The fourth-order valence-electron chi connectivity index (χ4n) is 3.80. The van der Waals surface area contributed by atoms with E-state index in [0.717, 1.165) is 42.3 Å². The van der Waals surface area contributed by atoms with E-state index in [9.17, 15) is 0 Å². The highest BCUT2D eigenvalue weighted by atomic mass is 16.5. The quantitative estimate of drug-likeness (QED) is 0.792. The van der Waals surface area contributed by atoms with E-state index in [1.165, 1.54) is 22.3 Å². The largest absolute Gasteiger partial charge is 0.496 e. The second-order valence-electron chi connectivity index (χ2n) is 7.67. The summed E-state index contributed by atoms with van der Waals surface area (Å²) in [5.74, 6) is 2.54. The molecule has 5 nitrogen and oxygen atoms in total. The average Bonchev–Trinajstić information content (AvgIpc) is 2.68. The second-order valence-corrected chi connectivity index (χ2v) is 7.67. The first-order chi connectivity index (χ1) is 13.4. The number of hydrogen-bond acceptors (Lipinski definition) is 5. The van der Waals surface area contributed by atoms with Crippen molar-refractivity contribution in [3.8, 4) is 17.2 Å². The molecule has 2 aromatic rings. The molecule has 0 bridgehead atoms. The average molecular weight is 385 g/mol. The van der Waals surface area contributed by atoms with Crippen molar-refractivity contribution in [3.05, 3.63) is 52.1 Å². The van der Waals surface area contributed by atoms with Crippen LogP contribution in [0.1, 0.15) is 33.9 Å². The molecule has 1 aliphatic rings. The molecule has 28 heavy (non-hydrogen) atoms. The van der Waals surface area contributed by atoms with Crippen molar-refractivity contribution in [2.75, 3.05) is 48.0 Å². The van der Waals surface area contributed by atoms with Crippen molar-refractivity contribution in [1.29, 1.82) is 0 Å². The number of nitrogens with one attached hydrogen (secondary N) is 1. The fourth-order valence-corrected chi connectivity index (χ4v) is 3.80. The lowest BCUT2D eigenvalue weighted by molar-refractivity contribution is 0.250. The van der Waals surface area contributed by atoms with Crippen LogP contribution in [0.5, 0.6) is 17.2 Å². The van der Waals surface area contributed by atoms with Crippen LogP contribution < -0.4 is 19.5 Å². The van der Waals surface area contributed by atoms with E-state index in [0.29, 0.717) is 6.61 Å². The Morgan fingerprint density at radius 1 is 0.929 bits per heavy atom. The Balaban J connectivity index is 1.99. The molecular formula is C23H32N2O3. The predicted molar refractivity (Wildman–Crippen MR) is 113 cm³/mol. The van der Waals surface area contributed by atoms with Gasteiger partial charge >= 0.3 is 0 Å². The van der Waals surface area contributed by atoms with Gasteiger partial charge in [0.1, 0.15) is 12.4 Å². The molecule has 2 aromatic carbocycles. The van der Waals surface area contributed by atoms with Gasteiger partial charge < -0.3 is 24.4 Å². The van der Waals surface area contributed by atoms with Gasteiger partial charge in [-0.15, -0.1) is 0 Å². The first-order valence-corrected chi connectivity index (χ1v) is 9.81. The number of benzene rings is 2. The van der Waals surface area contributed by atoms with Crippen LogP contribution in [0.25, 0.3) is 0 Å². The molecule has 0 spiro atoms. The Bertz CT molecular complexity index is 833. The Morgan fingerprint density at radius 3 is 2.36 bits per heavy atom. The highest BCUT2D eigenvalue weighted by Crippen LogP contribution is 2.39. The molecule has 1 heterocycles. The van der Waals surface area contributed by atoms with Gasteiger partial charge in [-0.05, 0) is 80.4 Å². The number of hydrogen-bond donors (Lipinski definition) is 1. The third-order valence-electron chi connectivity index (χ3n) is 5.37. The smallest absolute Gasteiger partial charge is 0.161 e. The van der Waals surface area contributed by atoms with Crippen molar-refractivity contribution >= 4 is 0 Å². The molecule has 0 amide bonds. The lowest BCUT2D eigenvalue weighted by atomic mass is 9.86. The molecule has 3 rings (SSSR count). The van der Waals surface area contributed by atoms with E-state index in [4.69, 9.17) is 14.2 Å². The van der Waals surface area contributed by atoms with Crippen LogP contribution in [0.4, 0.5) is 0 Å². The first kappa shape index (κ1) is 20.5. The van der Waals surface area contributed by atoms with Gasteiger partial charge in [-0.1, -0.05) is 6.07 Å². The van der Waals surface area contributed by atoms with Crippen molar-refractivity contribution < 1.29 is 14.2 Å². The summed E-state index contributed by atoms with van der Waals surface area (Å²) in [5.41, 5.74) is 6.23. The minimum Gasteiger partial charge on any atom is -0.496 e. The molecule has 0 saturated heterocycles. The molecule has 152 valence electrons. The maximum absolute atomic E-state index is 6.07. The first-order valence-electron chi connectivity index (χ1n) is 9.81. The van der Waals surface area contributed by atoms with Crippen LogP contribution in [0.15, 0.2) is 24.3 Å². The number of nitrogens with zero attached hydrogens (tertiary/aromatic N) is 1. The van der Waals surface area contributed by atoms with Crippen LogP contribution in [0.3, 0.4) is 0 Å². The van der Waals surface area contributed by atoms with Crippen LogP contribution in [-0.2, 0) is 6.42 Å². The second kappa shape index (κ2) is 8.84. The van der Waals surface area contributed by atoms with Gasteiger partial charge in [0.05, 0.1) is 20.3 Å². The Morgan fingerprint density at radius 2 is 1.68 bits per heavy atom. The lowest BCUT2D eigenvalue weighted by Gasteiger charge is -2.30. The van der Waals surface area contributed by atoms with Gasteiger partial charge in [-0.25, -0.2) is 0 Å². The zero-order valence-electron chi connectivity index (χ0n) is 17.9. The summed E-state index contributed by atoms with van der Waals surface area (Å²) in [7, 11) is 7.51. The van der Waals surface area contributed by atoms with Crippen LogP contribution in [-0.4, -0.2) is 52.9 Å². The van der Waals surface area contributed by atoms with Gasteiger partial charge in [0, 0.05) is 13.1 Å². The normalized spacial score (nSPS) is 16.0. The molecule has 1 atom stereocenters. The van der Waals surface area contributed by atoms with E-state index in [-0.39, 0.29) is 6.04 Å². The molecule has 0 radical (unpaired) electrons. The van der Waals surface area contributed by atoms with E-state index in [1.54, 1.807) is 14.2 Å². The SMILES string of the molecule is COc1cc(C)c(C2NCCc3cc(OC)c(OCCN(C)C)cc32)cc1C. The fraction of sp³-hybridized carbons (Fsp3) is 0.478. The topological polar surface area (TPSA) is 43.0 Å². The Labute approximate surface area is 168 Å². The zero-order valence-corrected chi connectivity index (χ0v) is 17.9. The third-order valence-corrected chi connectivity index (χ3v) is 5.37. The van der Waals surface area contributed by atoms with Gasteiger partial charge in [0.15, 0.2) is 11.5 Å². The number of rotatable bonds is 7. The minimum absolute atomic E-state index is 0.135. The van der Waals surface area contributed by atoms with Crippen LogP contribution in [0.2, 0.25) is 0 Å². The summed E-state index contributed by atoms with van der Waals surface area (Å²) >= 11 is 0. The van der Waals surface area contributed by atoms with Crippen molar-refractivity contribution in [2.45, 2.75) is 26.3 Å². The summed E-state index contributed by atoms with van der Waals surface area (Å²) in [6, 6.07) is 8.78. The van der Waals surface area contributed by atoms with Crippen LogP contribution >= 0.6 is 0 Å². The highest BCUT2D eigenvalue weighted by Gasteiger charge is 2.25.